The predicted octanol–water partition coefficient (Wildman–Crippen LogP) is 4.07. The van der Waals surface area contributed by atoms with Crippen molar-refractivity contribution < 1.29 is 4.79 Å². The Hall–Kier alpha value is -1.55. The van der Waals surface area contributed by atoms with Gasteiger partial charge in [0, 0.05) is 24.5 Å². The number of nitrogens with zero attached hydrogens (tertiary/aromatic N) is 1. The Balaban J connectivity index is 0.00000288. The van der Waals surface area contributed by atoms with E-state index >= 15 is 0 Å². The van der Waals surface area contributed by atoms with Crippen LogP contribution in [0.5, 0.6) is 0 Å². The number of halogens is 2. The summed E-state index contributed by atoms with van der Waals surface area (Å²) in [7, 11) is 0. The summed E-state index contributed by atoms with van der Waals surface area (Å²) in [6, 6.07) is 17.7. The van der Waals surface area contributed by atoms with E-state index in [-0.39, 0.29) is 18.3 Å². The molecule has 2 aromatic carbocycles. The Morgan fingerprint density at radius 2 is 1.67 bits per heavy atom. The minimum absolute atomic E-state index is 0. The van der Waals surface area contributed by atoms with Gasteiger partial charge in [-0.05, 0) is 42.6 Å². The third kappa shape index (κ3) is 6.91. The Kier molecular flexibility index (Phi) is 9.46. The standard InChI is InChI=1S/C19H23ClN2O.ClH/c20-18-10-7-16(8-11-18)9-12-19(23)22(14-4-13-21)15-17-5-2-1-3-6-17;/h1-3,5-8,10-11H,4,9,12-15,21H2;1H. The predicted molar refractivity (Wildman–Crippen MR) is 103 cm³/mol. The maximum absolute atomic E-state index is 12.6. The molecule has 24 heavy (non-hydrogen) atoms. The highest BCUT2D eigenvalue weighted by atomic mass is 35.5. The lowest BCUT2D eigenvalue weighted by atomic mass is 10.1. The summed E-state index contributed by atoms with van der Waals surface area (Å²) < 4.78 is 0. The summed E-state index contributed by atoms with van der Waals surface area (Å²) in [5.41, 5.74) is 7.87. The Bertz CT molecular complexity index is 603. The van der Waals surface area contributed by atoms with Crippen molar-refractivity contribution in [2.45, 2.75) is 25.8 Å². The van der Waals surface area contributed by atoms with Gasteiger partial charge < -0.3 is 10.6 Å². The lowest BCUT2D eigenvalue weighted by Gasteiger charge is -2.23. The van der Waals surface area contributed by atoms with Crippen LogP contribution in [-0.2, 0) is 17.8 Å². The van der Waals surface area contributed by atoms with Gasteiger partial charge >= 0.3 is 0 Å². The SMILES string of the molecule is Cl.NCCCN(Cc1ccccc1)C(=O)CCc1ccc(Cl)cc1. The minimum Gasteiger partial charge on any atom is -0.338 e. The lowest BCUT2D eigenvalue weighted by molar-refractivity contribution is -0.131. The number of hydrogen-bond donors (Lipinski definition) is 1. The van der Waals surface area contributed by atoms with Gasteiger partial charge in [-0.15, -0.1) is 12.4 Å². The van der Waals surface area contributed by atoms with Gasteiger partial charge in [0.2, 0.25) is 5.91 Å². The molecule has 2 N–H and O–H groups in total. The number of carbonyl (C=O) groups is 1. The molecule has 0 aliphatic heterocycles. The molecule has 1 amide bonds. The average molecular weight is 367 g/mol. The number of rotatable bonds is 8. The summed E-state index contributed by atoms with van der Waals surface area (Å²) >= 11 is 5.89. The highest BCUT2D eigenvalue weighted by Gasteiger charge is 2.13. The van der Waals surface area contributed by atoms with Gasteiger partial charge in [-0.3, -0.25) is 4.79 Å². The van der Waals surface area contributed by atoms with Crippen LogP contribution in [0, 0.1) is 0 Å². The monoisotopic (exact) mass is 366 g/mol. The van der Waals surface area contributed by atoms with Crippen LogP contribution < -0.4 is 5.73 Å². The molecule has 0 atom stereocenters. The van der Waals surface area contributed by atoms with Gasteiger partial charge in [0.1, 0.15) is 0 Å². The van der Waals surface area contributed by atoms with E-state index in [2.05, 4.69) is 0 Å². The van der Waals surface area contributed by atoms with Gasteiger partial charge in [0.05, 0.1) is 0 Å². The number of nitrogens with two attached hydrogens (primary N) is 1. The fraction of sp³-hybridized carbons (Fsp3) is 0.316. The average Bonchev–Trinajstić information content (AvgIpc) is 2.58. The summed E-state index contributed by atoms with van der Waals surface area (Å²) in [6.07, 6.45) is 2.04. The Labute approximate surface area is 155 Å². The molecular weight excluding hydrogens is 343 g/mol. The fourth-order valence-corrected chi connectivity index (χ4v) is 2.56. The van der Waals surface area contributed by atoms with Crippen LogP contribution in [-0.4, -0.2) is 23.9 Å². The van der Waals surface area contributed by atoms with Crippen molar-refractivity contribution >= 4 is 29.9 Å². The number of hydrogen-bond acceptors (Lipinski definition) is 2. The van der Waals surface area contributed by atoms with Gasteiger partial charge in [0.15, 0.2) is 0 Å². The normalized spacial score (nSPS) is 10.1. The number of aryl methyl sites for hydroxylation is 1. The van der Waals surface area contributed by atoms with E-state index in [1.54, 1.807) is 0 Å². The third-order valence-corrected chi connectivity index (χ3v) is 3.99. The molecule has 0 aliphatic rings. The zero-order chi connectivity index (χ0) is 16.5. The molecule has 130 valence electrons. The van der Waals surface area contributed by atoms with Crippen molar-refractivity contribution in [3.63, 3.8) is 0 Å². The first-order chi connectivity index (χ1) is 11.2. The third-order valence-electron chi connectivity index (χ3n) is 3.74. The highest BCUT2D eigenvalue weighted by Crippen LogP contribution is 2.13. The quantitative estimate of drug-likeness (QED) is 0.765. The fourth-order valence-electron chi connectivity index (χ4n) is 2.44. The van der Waals surface area contributed by atoms with E-state index in [4.69, 9.17) is 17.3 Å². The van der Waals surface area contributed by atoms with E-state index in [1.807, 2.05) is 59.5 Å². The summed E-state index contributed by atoms with van der Waals surface area (Å²) in [5.74, 6) is 0.164. The van der Waals surface area contributed by atoms with E-state index in [0.717, 1.165) is 24.0 Å². The first-order valence-electron chi connectivity index (χ1n) is 7.95. The minimum atomic E-state index is 0. The zero-order valence-electron chi connectivity index (χ0n) is 13.7. The van der Waals surface area contributed by atoms with Crippen LogP contribution in [0.3, 0.4) is 0 Å². The second kappa shape index (κ2) is 11.1. The zero-order valence-corrected chi connectivity index (χ0v) is 15.2. The number of benzene rings is 2. The van der Waals surface area contributed by atoms with Crippen LogP contribution in [0.25, 0.3) is 0 Å². The van der Waals surface area contributed by atoms with E-state index in [0.29, 0.717) is 31.1 Å². The van der Waals surface area contributed by atoms with E-state index in [9.17, 15) is 4.79 Å². The highest BCUT2D eigenvalue weighted by molar-refractivity contribution is 6.30. The molecule has 0 saturated carbocycles. The molecule has 2 aromatic rings. The topological polar surface area (TPSA) is 46.3 Å². The molecule has 0 heterocycles. The first kappa shape index (κ1) is 20.5. The summed E-state index contributed by atoms with van der Waals surface area (Å²) in [6.45, 7) is 1.93. The Morgan fingerprint density at radius 1 is 1.00 bits per heavy atom. The van der Waals surface area contributed by atoms with Crippen LogP contribution >= 0.6 is 24.0 Å². The number of carbonyl (C=O) groups excluding carboxylic acids is 1. The van der Waals surface area contributed by atoms with Crippen LogP contribution in [0.4, 0.5) is 0 Å². The molecule has 0 unspecified atom stereocenters. The second-order valence-electron chi connectivity index (χ2n) is 5.57. The van der Waals surface area contributed by atoms with Crippen molar-refractivity contribution in [1.29, 1.82) is 0 Å². The molecule has 0 spiro atoms. The van der Waals surface area contributed by atoms with Crippen molar-refractivity contribution in [3.05, 3.63) is 70.7 Å². The Morgan fingerprint density at radius 3 is 2.29 bits per heavy atom. The van der Waals surface area contributed by atoms with Crippen molar-refractivity contribution in [2.24, 2.45) is 5.73 Å². The van der Waals surface area contributed by atoms with Crippen molar-refractivity contribution in [3.8, 4) is 0 Å². The second-order valence-corrected chi connectivity index (χ2v) is 6.01. The molecule has 0 aliphatic carbocycles. The largest absolute Gasteiger partial charge is 0.338 e. The molecule has 3 nitrogen and oxygen atoms in total. The van der Waals surface area contributed by atoms with Crippen molar-refractivity contribution in [1.82, 2.24) is 4.90 Å². The smallest absolute Gasteiger partial charge is 0.223 e. The van der Waals surface area contributed by atoms with Crippen LogP contribution in [0.2, 0.25) is 5.02 Å². The van der Waals surface area contributed by atoms with Gasteiger partial charge in [0.25, 0.3) is 0 Å². The van der Waals surface area contributed by atoms with Crippen LogP contribution in [0.1, 0.15) is 24.0 Å². The maximum Gasteiger partial charge on any atom is 0.223 e. The summed E-state index contributed by atoms with van der Waals surface area (Å²) in [4.78, 5) is 14.5. The number of amides is 1. The molecule has 0 aromatic heterocycles. The molecular formula is C19H24Cl2N2O. The van der Waals surface area contributed by atoms with Gasteiger partial charge in [-0.2, -0.15) is 0 Å². The van der Waals surface area contributed by atoms with Crippen molar-refractivity contribution in [2.75, 3.05) is 13.1 Å². The molecule has 0 bridgehead atoms. The lowest BCUT2D eigenvalue weighted by Crippen LogP contribution is -2.32. The maximum atomic E-state index is 12.6. The molecule has 0 radical (unpaired) electrons. The van der Waals surface area contributed by atoms with E-state index in [1.165, 1.54) is 0 Å². The molecule has 0 fully saturated rings. The summed E-state index contributed by atoms with van der Waals surface area (Å²) in [5, 5.41) is 0.716. The molecule has 2 rings (SSSR count). The van der Waals surface area contributed by atoms with Gasteiger partial charge in [-0.25, -0.2) is 0 Å². The molecule has 0 saturated heterocycles. The van der Waals surface area contributed by atoms with Crippen LogP contribution in [0.15, 0.2) is 54.6 Å². The van der Waals surface area contributed by atoms with E-state index < -0.39 is 0 Å². The van der Waals surface area contributed by atoms with Gasteiger partial charge in [-0.1, -0.05) is 54.1 Å². The first-order valence-corrected chi connectivity index (χ1v) is 8.33. The molecule has 5 heteroatoms.